The fourth-order valence-electron chi connectivity index (χ4n) is 3.19. The summed E-state index contributed by atoms with van der Waals surface area (Å²) >= 11 is 0. The number of ether oxygens (including phenoxy) is 1. The molecule has 1 aromatic heterocycles. The topological polar surface area (TPSA) is 67.3 Å². The Bertz CT molecular complexity index is 747. The Labute approximate surface area is 148 Å². The zero-order valence-electron chi connectivity index (χ0n) is 15.0. The molecule has 6 nitrogen and oxygen atoms in total. The number of hydrogen-bond donors (Lipinski definition) is 1. The molecule has 6 heteroatoms. The highest BCUT2D eigenvalue weighted by Crippen LogP contribution is 2.33. The minimum absolute atomic E-state index is 0.0353. The molecule has 2 heterocycles. The summed E-state index contributed by atoms with van der Waals surface area (Å²) in [6, 6.07) is 9.36. The van der Waals surface area contributed by atoms with E-state index in [0.717, 1.165) is 42.3 Å². The van der Waals surface area contributed by atoms with E-state index in [0.29, 0.717) is 6.54 Å². The molecule has 1 aromatic carbocycles. The minimum atomic E-state index is -0.461. The summed E-state index contributed by atoms with van der Waals surface area (Å²) in [7, 11) is 1.63. The first-order valence-electron chi connectivity index (χ1n) is 8.49. The number of piperidine rings is 1. The van der Waals surface area contributed by atoms with E-state index in [-0.39, 0.29) is 5.91 Å². The van der Waals surface area contributed by atoms with Crippen LogP contribution in [0, 0.1) is 12.3 Å². The van der Waals surface area contributed by atoms with Crippen LogP contribution in [0.15, 0.2) is 36.7 Å². The van der Waals surface area contributed by atoms with Crippen LogP contribution in [0.2, 0.25) is 0 Å². The molecule has 2 aromatic rings. The van der Waals surface area contributed by atoms with Gasteiger partial charge < -0.3 is 15.0 Å². The number of benzene rings is 1. The monoisotopic (exact) mass is 340 g/mol. The van der Waals surface area contributed by atoms with E-state index in [2.05, 4.69) is 20.2 Å². The predicted molar refractivity (Wildman–Crippen MR) is 97.9 cm³/mol. The molecule has 1 atom stereocenters. The number of nitrogens with zero attached hydrogens (tertiary/aromatic N) is 3. The van der Waals surface area contributed by atoms with Crippen molar-refractivity contribution in [3.05, 3.63) is 42.4 Å². The number of hydrogen-bond acceptors (Lipinski definition) is 5. The highest BCUT2D eigenvalue weighted by Gasteiger charge is 2.38. The van der Waals surface area contributed by atoms with Crippen molar-refractivity contribution < 1.29 is 9.53 Å². The highest BCUT2D eigenvalue weighted by atomic mass is 16.5. The van der Waals surface area contributed by atoms with Gasteiger partial charge in [-0.1, -0.05) is 0 Å². The largest absolute Gasteiger partial charge is 0.497 e. The molecule has 0 aliphatic carbocycles. The first-order valence-corrected chi connectivity index (χ1v) is 8.49. The zero-order valence-corrected chi connectivity index (χ0v) is 15.0. The van der Waals surface area contributed by atoms with Gasteiger partial charge in [-0.2, -0.15) is 0 Å². The molecule has 0 bridgehead atoms. The fourth-order valence-corrected chi connectivity index (χ4v) is 3.19. The lowest BCUT2D eigenvalue weighted by Gasteiger charge is -2.39. The van der Waals surface area contributed by atoms with Gasteiger partial charge in [0, 0.05) is 30.5 Å². The second kappa shape index (κ2) is 7.09. The van der Waals surface area contributed by atoms with E-state index >= 15 is 0 Å². The molecule has 1 fully saturated rings. The van der Waals surface area contributed by atoms with Gasteiger partial charge in [0.1, 0.15) is 17.9 Å². The van der Waals surface area contributed by atoms with E-state index in [1.807, 2.05) is 44.2 Å². The Hall–Kier alpha value is -2.63. The van der Waals surface area contributed by atoms with Gasteiger partial charge in [-0.3, -0.25) is 4.79 Å². The quantitative estimate of drug-likeness (QED) is 0.926. The Morgan fingerprint density at radius 1 is 1.28 bits per heavy atom. The highest BCUT2D eigenvalue weighted by molar-refractivity contribution is 5.95. The number of anilines is 2. The van der Waals surface area contributed by atoms with Crippen molar-refractivity contribution in [1.82, 2.24) is 9.97 Å². The van der Waals surface area contributed by atoms with Crippen LogP contribution in [0.3, 0.4) is 0 Å². The molecule has 1 N–H and O–H groups in total. The molecule has 3 rings (SSSR count). The first-order chi connectivity index (χ1) is 12.0. The normalized spacial score (nSPS) is 20.2. The van der Waals surface area contributed by atoms with Crippen LogP contribution in [-0.4, -0.2) is 36.1 Å². The van der Waals surface area contributed by atoms with E-state index in [1.165, 1.54) is 0 Å². The Morgan fingerprint density at radius 2 is 2.04 bits per heavy atom. The number of carbonyl (C=O) groups is 1. The lowest BCUT2D eigenvalue weighted by atomic mass is 9.81. The lowest BCUT2D eigenvalue weighted by Crippen LogP contribution is -2.48. The average Bonchev–Trinajstić information content (AvgIpc) is 2.62. The van der Waals surface area contributed by atoms with Crippen LogP contribution >= 0.6 is 0 Å². The van der Waals surface area contributed by atoms with Crippen molar-refractivity contribution in [3.8, 4) is 5.75 Å². The molecule has 1 aliphatic heterocycles. The third kappa shape index (κ3) is 3.90. The summed E-state index contributed by atoms with van der Waals surface area (Å²) < 4.78 is 5.15. The maximum absolute atomic E-state index is 12.9. The maximum Gasteiger partial charge on any atom is 0.232 e. The van der Waals surface area contributed by atoms with Crippen LogP contribution < -0.4 is 15.0 Å². The van der Waals surface area contributed by atoms with Gasteiger partial charge in [-0.05, 0) is 51.0 Å². The molecule has 0 saturated carbocycles. The third-order valence-electron chi connectivity index (χ3n) is 4.71. The van der Waals surface area contributed by atoms with Gasteiger partial charge in [-0.25, -0.2) is 9.97 Å². The number of aromatic nitrogens is 2. The maximum atomic E-state index is 12.9. The van der Waals surface area contributed by atoms with E-state index in [4.69, 9.17) is 4.74 Å². The van der Waals surface area contributed by atoms with Crippen molar-refractivity contribution >= 4 is 17.4 Å². The Balaban J connectivity index is 1.71. The number of carbonyl (C=O) groups excluding carboxylic acids is 1. The smallest absolute Gasteiger partial charge is 0.232 e. The molecule has 0 spiro atoms. The van der Waals surface area contributed by atoms with E-state index < -0.39 is 5.41 Å². The van der Waals surface area contributed by atoms with E-state index in [1.54, 1.807) is 13.4 Å². The summed E-state index contributed by atoms with van der Waals surface area (Å²) in [6.07, 6.45) is 3.39. The Morgan fingerprint density at radius 3 is 2.72 bits per heavy atom. The summed E-state index contributed by atoms with van der Waals surface area (Å²) in [6.45, 7) is 5.52. The summed E-state index contributed by atoms with van der Waals surface area (Å²) in [5.41, 5.74) is 1.25. The first kappa shape index (κ1) is 17.2. The van der Waals surface area contributed by atoms with Crippen molar-refractivity contribution in [3.63, 3.8) is 0 Å². The summed E-state index contributed by atoms with van der Waals surface area (Å²) in [5, 5.41) is 3.03. The van der Waals surface area contributed by atoms with Crippen molar-refractivity contribution in [2.24, 2.45) is 5.41 Å². The van der Waals surface area contributed by atoms with Gasteiger partial charge in [0.25, 0.3) is 0 Å². The second-order valence-corrected chi connectivity index (χ2v) is 6.79. The van der Waals surface area contributed by atoms with Gasteiger partial charge in [0.05, 0.1) is 12.5 Å². The number of rotatable bonds is 4. The van der Waals surface area contributed by atoms with Gasteiger partial charge >= 0.3 is 0 Å². The molecular formula is C19H24N4O2. The van der Waals surface area contributed by atoms with Crippen LogP contribution in [-0.2, 0) is 4.79 Å². The SMILES string of the molecule is COc1ccc(NC(=O)[C@@]2(C)CCCN(c3cc(C)ncn3)C2)cc1. The van der Waals surface area contributed by atoms with Crippen LogP contribution in [0.25, 0.3) is 0 Å². The van der Waals surface area contributed by atoms with Crippen LogP contribution in [0.4, 0.5) is 11.5 Å². The van der Waals surface area contributed by atoms with E-state index in [9.17, 15) is 4.79 Å². The second-order valence-electron chi connectivity index (χ2n) is 6.79. The van der Waals surface area contributed by atoms with Crippen molar-refractivity contribution in [2.75, 3.05) is 30.4 Å². The predicted octanol–water partition coefficient (Wildman–Crippen LogP) is 3.04. The standard InChI is InChI=1S/C19H24N4O2/c1-14-11-17(21-13-20-14)23-10-4-9-19(2,12-23)18(24)22-15-5-7-16(25-3)8-6-15/h5-8,11,13H,4,9-10,12H2,1-3H3,(H,22,24)/t19-/m0/s1. The number of aryl methyl sites for hydroxylation is 1. The number of nitrogens with one attached hydrogen (secondary N) is 1. The molecule has 0 radical (unpaired) electrons. The lowest BCUT2D eigenvalue weighted by molar-refractivity contribution is -0.125. The van der Waals surface area contributed by atoms with Gasteiger partial charge in [-0.15, -0.1) is 0 Å². The van der Waals surface area contributed by atoms with Crippen LogP contribution in [0.1, 0.15) is 25.5 Å². The fraction of sp³-hybridized carbons (Fsp3) is 0.421. The Kier molecular flexibility index (Phi) is 4.88. The van der Waals surface area contributed by atoms with Crippen LogP contribution in [0.5, 0.6) is 5.75 Å². The molecule has 1 aliphatic rings. The summed E-state index contributed by atoms with van der Waals surface area (Å²) in [4.78, 5) is 23.6. The number of methoxy groups -OCH3 is 1. The summed E-state index contributed by atoms with van der Waals surface area (Å²) in [5.74, 6) is 1.69. The zero-order chi connectivity index (χ0) is 17.9. The van der Waals surface area contributed by atoms with Gasteiger partial charge in [0.2, 0.25) is 5.91 Å². The molecule has 132 valence electrons. The molecular weight excluding hydrogens is 316 g/mol. The molecule has 1 saturated heterocycles. The molecule has 0 unspecified atom stereocenters. The third-order valence-corrected chi connectivity index (χ3v) is 4.71. The van der Waals surface area contributed by atoms with Gasteiger partial charge in [0.15, 0.2) is 0 Å². The molecule has 25 heavy (non-hydrogen) atoms. The molecule has 1 amide bonds. The minimum Gasteiger partial charge on any atom is -0.497 e. The average molecular weight is 340 g/mol. The van der Waals surface area contributed by atoms with Crippen molar-refractivity contribution in [1.29, 1.82) is 0 Å². The number of amides is 1. The van der Waals surface area contributed by atoms with Crippen molar-refractivity contribution in [2.45, 2.75) is 26.7 Å².